The second-order valence-electron chi connectivity index (χ2n) is 2.82. The van der Waals surface area contributed by atoms with Gasteiger partial charge in [0, 0.05) is 14.5 Å². The molecule has 0 aromatic heterocycles. The van der Waals surface area contributed by atoms with E-state index in [2.05, 4.69) is 38.8 Å². The normalized spacial score (nSPS) is 25.3. The van der Waals surface area contributed by atoms with Gasteiger partial charge in [0.05, 0.1) is 0 Å². The van der Waals surface area contributed by atoms with Crippen LogP contribution in [0.15, 0.2) is 8.96 Å². The molecular formula is C6H9Br2N. The summed E-state index contributed by atoms with van der Waals surface area (Å²) in [4.78, 5) is 0. The molecule has 0 saturated heterocycles. The van der Waals surface area contributed by atoms with Crippen molar-refractivity contribution in [2.24, 2.45) is 5.73 Å². The van der Waals surface area contributed by atoms with Gasteiger partial charge in [-0.15, -0.1) is 0 Å². The van der Waals surface area contributed by atoms with Gasteiger partial charge in [0.2, 0.25) is 0 Å². The Balaban J connectivity index is 2.70. The van der Waals surface area contributed by atoms with E-state index >= 15 is 0 Å². The molecular weight excluding hydrogens is 246 g/mol. The summed E-state index contributed by atoms with van der Waals surface area (Å²) in [5, 5.41) is 0. The maximum Gasteiger partial charge on any atom is 0.0218 e. The van der Waals surface area contributed by atoms with Gasteiger partial charge in [-0.1, -0.05) is 31.9 Å². The van der Waals surface area contributed by atoms with Crippen LogP contribution in [0.3, 0.4) is 0 Å². The molecule has 1 rings (SSSR count). The molecule has 0 saturated carbocycles. The molecule has 0 unspecified atom stereocenters. The highest BCUT2D eigenvalue weighted by Crippen LogP contribution is 2.39. The van der Waals surface area contributed by atoms with Crippen LogP contribution in [0.1, 0.15) is 19.8 Å². The predicted molar refractivity (Wildman–Crippen MR) is 46.7 cm³/mol. The minimum Gasteiger partial charge on any atom is -0.325 e. The predicted octanol–water partition coefficient (Wildman–Crippen LogP) is 2.50. The Kier molecular flexibility index (Phi) is 2.04. The summed E-state index contributed by atoms with van der Waals surface area (Å²) >= 11 is 6.86. The Bertz CT molecular complexity index is 144. The summed E-state index contributed by atoms with van der Waals surface area (Å²) in [5.74, 6) is 0. The Hall–Kier alpha value is 0.660. The van der Waals surface area contributed by atoms with Crippen molar-refractivity contribution < 1.29 is 0 Å². The third-order valence-electron chi connectivity index (χ3n) is 1.41. The Morgan fingerprint density at radius 2 is 1.67 bits per heavy atom. The van der Waals surface area contributed by atoms with Crippen LogP contribution in [0, 0.1) is 0 Å². The molecule has 3 heteroatoms. The molecule has 0 atom stereocenters. The maximum atomic E-state index is 5.86. The first-order valence-electron chi connectivity index (χ1n) is 2.83. The molecule has 0 aromatic rings. The molecule has 0 bridgehead atoms. The minimum atomic E-state index is -0.0301. The van der Waals surface area contributed by atoms with Crippen LogP contribution >= 0.6 is 31.9 Å². The van der Waals surface area contributed by atoms with Crippen LogP contribution in [0.5, 0.6) is 0 Å². The first-order chi connectivity index (χ1) is 4.01. The fraction of sp³-hybridized carbons (Fsp3) is 0.667. The summed E-state index contributed by atoms with van der Waals surface area (Å²) in [6, 6.07) is 0. The molecule has 0 fully saturated rings. The lowest BCUT2D eigenvalue weighted by Crippen LogP contribution is -2.32. The van der Waals surface area contributed by atoms with E-state index in [1.165, 1.54) is 8.96 Å². The third kappa shape index (κ3) is 1.79. The second kappa shape index (κ2) is 2.36. The molecule has 0 spiro atoms. The van der Waals surface area contributed by atoms with Crippen molar-refractivity contribution >= 4 is 31.9 Å². The van der Waals surface area contributed by atoms with Gasteiger partial charge in [-0.2, -0.15) is 0 Å². The molecule has 0 heterocycles. The lowest BCUT2D eigenvalue weighted by Gasteiger charge is -2.15. The van der Waals surface area contributed by atoms with Gasteiger partial charge < -0.3 is 5.73 Å². The SMILES string of the molecule is CC1(N)CC(Br)=C(Br)C1. The fourth-order valence-corrected chi connectivity index (χ4v) is 2.52. The Morgan fingerprint density at radius 3 is 1.78 bits per heavy atom. The molecule has 0 amide bonds. The average molecular weight is 255 g/mol. The zero-order chi connectivity index (χ0) is 7.07. The molecule has 2 N–H and O–H groups in total. The molecule has 52 valence electrons. The van der Waals surface area contributed by atoms with E-state index in [-0.39, 0.29) is 5.54 Å². The first kappa shape index (κ1) is 7.76. The van der Waals surface area contributed by atoms with E-state index in [0.29, 0.717) is 0 Å². The van der Waals surface area contributed by atoms with E-state index in [1.54, 1.807) is 0 Å². The quantitative estimate of drug-likeness (QED) is 0.707. The van der Waals surface area contributed by atoms with Gasteiger partial charge >= 0.3 is 0 Å². The smallest absolute Gasteiger partial charge is 0.0218 e. The third-order valence-corrected chi connectivity index (χ3v) is 3.46. The fourth-order valence-electron chi connectivity index (χ4n) is 0.963. The van der Waals surface area contributed by atoms with E-state index in [1.807, 2.05) is 0 Å². The summed E-state index contributed by atoms with van der Waals surface area (Å²) in [6.45, 7) is 2.06. The van der Waals surface area contributed by atoms with Crippen molar-refractivity contribution in [2.75, 3.05) is 0 Å². The standard InChI is InChI=1S/C6H9Br2N/c1-6(9)2-4(7)5(8)3-6/h2-3,9H2,1H3. The monoisotopic (exact) mass is 253 g/mol. The lowest BCUT2D eigenvalue weighted by atomic mass is 10.0. The van der Waals surface area contributed by atoms with Gasteiger partial charge in [-0.25, -0.2) is 0 Å². The van der Waals surface area contributed by atoms with Crippen LogP contribution in [0.25, 0.3) is 0 Å². The van der Waals surface area contributed by atoms with Gasteiger partial charge in [-0.05, 0) is 19.8 Å². The lowest BCUT2D eigenvalue weighted by molar-refractivity contribution is 0.504. The highest BCUT2D eigenvalue weighted by Gasteiger charge is 2.28. The van der Waals surface area contributed by atoms with Crippen molar-refractivity contribution in [1.29, 1.82) is 0 Å². The van der Waals surface area contributed by atoms with E-state index in [4.69, 9.17) is 5.73 Å². The van der Waals surface area contributed by atoms with E-state index in [0.717, 1.165) is 12.8 Å². The van der Waals surface area contributed by atoms with Gasteiger partial charge in [0.15, 0.2) is 0 Å². The topological polar surface area (TPSA) is 26.0 Å². The largest absolute Gasteiger partial charge is 0.325 e. The average Bonchev–Trinajstić information content (AvgIpc) is 1.79. The van der Waals surface area contributed by atoms with Crippen molar-refractivity contribution in [3.8, 4) is 0 Å². The van der Waals surface area contributed by atoms with Crippen LogP contribution in [-0.2, 0) is 0 Å². The summed E-state index contributed by atoms with van der Waals surface area (Å²) < 4.78 is 2.43. The highest BCUT2D eigenvalue weighted by molar-refractivity contribution is 9.14. The van der Waals surface area contributed by atoms with Crippen molar-refractivity contribution in [2.45, 2.75) is 25.3 Å². The van der Waals surface area contributed by atoms with E-state index < -0.39 is 0 Å². The van der Waals surface area contributed by atoms with Crippen molar-refractivity contribution in [1.82, 2.24) is 0 Å². The summed E-state index contributed by atoms with van der Waals surface area (Å²) in [7, 11) is 0. The van der Waals surface area contributed by atoms with Crippen LogP contribution in [0.4, 0.5) is 0 Å². The maximum absolute atomic E-state index is 5.86. The number of rotatable bonds is 0. The molecule has 0 radical (unpaired) electrons. The Morgan fingerprint density at radius 1 is 1.33 bits per heavy atom. The van der Waals surface area contributed by atoms with Crippen LogP contribution in [-0.4, -0.2) is 5.54 Å². The van der Waals surface area contributed by atoms with Crippen LogP contribution < -0.4 is 5.73 Å². The Labute approximate surface area is 71.9 Å². The molecule has 1 nitrogen and oxygen atoms in total. The summed E-state index contributed by atoms with van der Waals surface area (Å²) in [6.07, 6.45) is 1.90. The van der Waals surface area contributed by atoms with Crippen molar-refractivity contribution in [3.05, 3.63) is 8.96 Å². The highest BCUT2D eigenvalue weighted by atomic mass is 79.9. The number of hydrogen-bond donors (Lipinski definition) is 1. The zero-order valence-corrected chi connectivity index (χ0v) is 8.42. The molecule has 1 aliphatic carbocycles. The summed E-state index contributed by atoms with van der Waals surface area (Å²) in [5.41, 5.74) is 5.83. The minimum absolute atomic E-state index is 0.0301. The van der Waals surface area contributed by atoms with Crippen LogP contribution in [0.2, 0.25) is 0 Å². The van der Waals surface area contributed by atoms with Gasteiger partial charge in [-0.3, -0.25) is 0 Å². The van der Waals surface area contributed by atoms with E-state index in [9.17, 15) is 0 Å². The number of halogens is 2. The molecule has 9 heavy (non-hydrogen) atoms. The molecule has 0 aliphatic heterocycles. The van der Waals surface area contributed by atoms with Crippen molar-refractivity contribution in [3.63, 3.8) is 0 Å². The second-order valence-corrected chi connectivity index (χ2v) is 4.73. The van der Waals surface area contributed by atoms with Gasteiger partial charge in [0.25, 0.3) is 0 Å². The zero-order valence-electron chi connectivity index (χ0n) is 5.25. The number of hydrogen-bond acceptors (Lipinski definition) is 1. The molecule has 0 aromatic carbocycles. The van der Waals surface area contributed by atoms with Gasteiger partial charge in [0.1, 0.15) is 0 Å². The number of nitrogens with two attached hydrogens (primary N) is 1. The first-order valence-corrected chi connectivity index (χ1v) is 4.42. The molecule has 1 aliphatic rings.